The predicted octanol–water partition coefficient (Wildman–Crippen LogP) is 2.48. The molecule has 0 bridgehead atoms. The number of aromatic nitrogens is 1. The molecular weight excluding hydrogens is 376 g/mol. The second kappa shape index (κ2) is 10.2. The minimum atomic E-state index is -0.480. The average Bonchev–Trinajstić information content (AvgIpc) is 3.02. The van der Waals surface area contributed by atoms with Crippen LogP contribution in [-0.2, 0) is 4.74 Å². The highest BCUT2D eigenvalue weighted by Crippen LogP contribution is 2.36. The largest absolute Gasteiger partial charge is 0.383 e. The second-order valence-electron chi connectivity index (χ2n) is 5.30. The molecule has 0 fully saturated rings. The van der Waals surface area contributed by atoms with Gasteiger partial charge in [0.2, 0.25) is 0 Å². The van der Waals surface area contributed by atoms with Gasteiger partial charge in [0.05, 0.1) is 16.4 Å². The van der Waals surface area contributed by atoms with E-state index < -0.39 is 4.92 Å². The van der Waals surface area contributed by atoms with E-state index in [0.717, 1.165) is 10.0 Å². The molecule has 0 saturated heterocycles. The van der Waals surface area contributed by atoms with Gasteiger partial charge in [0, 0.05) is 49.4 Å². The van der Waals surface area contributed by atoms with Crippen LogP contribution in [0.1, 0.15) is 16.1 Å². The van der Waals surface area contributed by atoms with E-state index in [4.69, 9.17) is 4.74 Å². The number of hydrogen-bond donors (Lipinski definition) is 2. The first kappa shape index (κ1) is 20.3. The zero-order valence-corrected chi connectivity index (χ0v) is 16.1. The van der Waals surface area contributed by atoms with Crippen LogP contribution in [0, 0.1) is 17.0 Å². The van der Waals surface area contributed by atoms with Crippen LogP contribution in [-0.4, -0.2) is 49.2 Å². The smallest absolute Gasteiger partial charge is 0.284 e. The molecule has 2 N–H and O–H groups in total. The molecule has 140 valence electrons. The van der Waals surface area contributed by atoms with Crippen molar-refractivity contribution in [3.8, 4) is 0 Å². The van der Waals surface area contributed by atoms with Gasteiger partial charge in [-0.2, -0.15) is 0 Å². The lowest BCUT2D eigenvalue weighted by atomic mass is 10.2. The molecule has 1 aromatic heterocycles. The maximum Gasteiger partial charge on any atom is 0.284 e. The van der Waals surface area contributed by atoms with Gasteiger partial charge in [0.1, 0.15) is 0 Å². The zero-order valence-electron chi connectivity index (χ0n) is 14.5. The Morgan fingerprint density at radius 3 is 2.85 bits per heavy atom. The third-order valence-corrected chi connectivity index (χ3v) is 5.40. The predicted molar refractivity (Wildman–Crippen MR) is 101 cm³/mol. The van der Waals surface area contributed by atoms with E-state index in [1.165, 1.54) is 29.2 Å². The summed E-state index contributed by atoms with van der Waals surface area (Å²) in [6.07, 6.45) is 0. The second-order valence-corrected chi connectivity index (χ2v) is 7.44. The molecule has 8 nitrogen and oxygen atoms in total. The van der Waals surface area contributed by atoms with Crippen molar-refractivity contribution >= 4 is 34.7 Å². The van der Waals surface area contributed by atoms with Gasteiger partial charge in [-0.25, -0.2) is 4.98 Å². The quantitative estimate of drug-likeness (QED) is 0.361. The minimum absolute atomic E-state index is 0.103. The minimum Gasteiger partial charge on any atom is -0.383 e. The van der Waals surface area contributed by atoms with Gasteiger partial charge in [0.25, 0.3) is 11.6 Å². The molecule has 0 radical (unpaired) electrons. The number of benzene rings is 1. The molecule has 0 unspecified atom stereocenters. The van der Waals surface area contributed by atoms with Gasteiger partial charge in [-0.15, -0.1) is 11.3 Å². The number of amides is 1. The molecule has 0 aliphatic heterocycles. The normalized spacial score (nSPS) is 10.7. The van der Waals surface area contributed by atoms with Crippen molar-refractivity contribution in [3.63, 3.8) is 0 Å². The average molecular weight is 396 g/mol. The SMILES string of the molecule is COCCNCCNC(=O)c1ccc(Sc2nc(C)cs2)c([N+](=O)[O-])c1. The van der Waals surface area contributed by atoms with Gasteiger partial charge in [0.15, 0.2) is 4.34 Å². The maximum atomic E-state index is 12.2. The van der Waals surface area contributed by atoms with Crippen LogP contribution in [0.4, 0.5) is 5.69 Å². The molecular formula is C16H20N4O4S2. The Bertz CT molecular complexity index is 766. The fraction of sp³-hybridized carbons (Fsp3) is 0.375. The summed E-state index contributed by atoms with van der Waals surface area (Å²) in [5.74, 6) is -0.344. The number of carbonyl (C=O) groups excluding carboxylic acids is 1. The van der Waals surface area contributed by atoms with Crippen molar-refractivity contribution < 1.29 is 14.5 Å². The van der Waals surface area contributed by atoms with E-state index in [1.54, 1.807) is 19.2 Å². The standard InChI is InChI=1S/C16H20N4O4S2/c1-11-10-25-16(19-11)26-14-4-3-12(9-13(14)20(22)23)15(21)18-6-5-17-7-8-24-2/h3-4,9-10,17H,5-8H2,1-2H3,(H,18,21). The number of aryl methyl sites for hydroxylation is 1. The first-order chi connectivity index (χ1) is 12.5. The molecule has 0 spiro atoms. The van der Waals surface area contributed by atoms with Gasteiger partial charge in [-0.1, -0.05) is 11.8 Å². The number of methoxy groups -OCH3 is 1. The molecule has 0 aliphatic carbocycles. The number of nitro groups is 1. The summed E-state index contributed by atoms with van der Waals surface area (Å²) in [4.78, 5) is 27.8. The Hall–Kier alpha value is -2.01. The number of hydrogen-bond acceptors (Lipinski definition) is 8. The summed E-state index contributed by atoms with van der Waals surface area (Å²) >= 11 is 2.65. The van der Waals surface area contributed by atoms with Crippen LogP contribution >= 0.6 is 23.1 Å². The van der Waals surface area contributed by atoms with Gasteiger partial charge in [-0.05, 0) is 19.1 Å². The molecule has 26 heavy (non-hydrogen) atoms. The monoisotopic (exact) mass is 396 g/mol. The Balaban J connectivity index is 2.00. The van der Waals surface area contributed by atoms with Gasteiger partial charge < -0.3 is 15.4 Å². The molecule has 0 saturated carbocycles. The Morgan fingerprint density at radius 2 is 2.19 bits per heavy atom. The topological polar surface area (TPSA) is 106 Å². The van der Waals surface area contributed by atoms with Crippen molar-refractivity contribution in [3.05, 3.63) is 45.0 Å². The van der Waals surface area contributed by atoms with E-state index in [1.807, 2.05) is 12.3 Å². The highest BCUT2D eigenvalue weighted by Gasteiger charge is 2.19. The summed E-state index contributed by atoms with van der Waals surface area (Å²) in [7, 11) is 1.62. The van der Waals surface area contributed by atoms with E-state index in [0.29, 0.717) is 31.1 Å². The van der Waals surface area contributed by atoms with Crippen molar-refractivity contribution in [2.45, 2.75) is 16.2 Å². The summed E-state index contributed by atoms with van der Waals surface area (Å²) in [6, 6.07) is 4.48. The highest BCUT2D eigenvalue weighted by atomic mass is 32.2. The number of thiazole rings is 1. The molecule has 1 amide bonds. The summed E-state index contributed by atoms with van der Waals surface area (Å²) in [6.45, 7) is 4.17. The van der Waals surface area contributed by atoms with Crippen LogP contribution < -0.4 is 10.6 Å². The van der Waals surface area contributed by atoms with Crippen molar-refractivity contribution in [1.82, 2.24) is 15.6 Å². The number of carbonyl (C=O) groups is 1. The number of rotatable bonds is 10. The first-order valence-electron chi connectivity index (χ1n) is 7.87. The van der Waals surface area contributed by atoms with E-state index >= 15 is 0 Å². The third kappa shape index (κ3) is 6.06. The first-order valence-corrected chi connectivity index (χ1v) is 9.57. The summed E-state index contributed by atoms with van der Waals surface area (Å²) in [5, 5.41) is 19.1. The Morgan fingerprint density at radius 1 is 1.38 bits per heavy atom. The molecule has 1 aromatic carbocycles. The lowest BCUT2D eigenvalue weighted by Crippen LogP contribution is -2.33. The van der Waals surface area contributed by atoms with Crippen LogP contribution in [0.2, 0.25) is 0 Å². The number of nitrogens with one attached hydrogen (secondary N) is 2. The molecule has 1 heterocycles. The Kier molecular flexibility index (Phi) is 7.98. The van der Waals surface area contributed by atoms with Crippen LogP contribution in [0.5, 0.6) is 0 Å². The lowest BCUT2D eigenvalue weighted by molar-refractivity contribution is -0.387. The van der Waals surface area contributed by atoms with Crippen LogP contribution in [0.15, 0.2) is 32.8 Å². The third-order valence-electron chi connectivity index (χ3n) is 3.28. The molecule has 0 aliphatic rings. The lowest BCUT2D eigenvalue weighted by Gasteiger charge is -2.07. The maximum absolute atomic E-state index is 12.2. The van der Waals surface area contributed by atoms with Crippen LogP contribution in [0.25, 0.3) is 0 Å². The number of nitro benzene ring substituents is 1. The van der Waals surface area contributed by atoms with Crippen molar-refractivity contribution in [2.24, 2.45) is 0 Å². The van der Waals surface area contributed by atoms with E-state index in [2.05, 4.69) is 15.6 Å². The molecule has 2 aromatic rings. The fourth-order valence-electron chi connectivity index (χ4n) is 2.03. The molecule has 0 atom stereocenters. The molecule has 10 heteroatoms. The van der Waals surface area contributed by atoms with E-state index in [9.17, 15) is 14.9 Å². The fourth-order valence-corrected chi connectivity index (χ4v) is 3.91. The zero-order chi connectivity index (χ0) is 18.9. The number of nitrogens with zero attached hydrogens (tertiary/aromatic N) is 2. The Labute approximate surface area is 159 Å². The van der Waals surface area contributed by atoms with Crippen molar-refractivity contribution in [1.29, 1.82) is 0 Å². The van der Waals surface area contributed by atoms with Gasteiger partial charge in [-0.3, -0.25) is 14.9 Å². The molecule has 2 rings (SSSR count). The van der Waals surface area contributed by atoms with Crippen molar-refractivity contribution in [2.75, 3.05) is 33.4 Å². The van der Waals surface area contributed by atoms with Crippen LogP contribution in [0.3, 0.4) is 0 Å². The van der Waals surface area contributed by atoms with E-state index in [-0.39, 0.29) is 17.2 Å². The summed E-state index contributed by atoms with van der Waals surface area (Å²) in [5.41, 5.74) is 1.03. The highest BCUT2D eigenvalue weighted by molar-refractivity contribution is 8.01. The number of ether oxygens (including phenoxy) is 1. The summed E-state index contributed by atoms with van der Waals surface area (Å²) < 4.78 is 5.64. The van der Waals surface area contributed by atoms with Gasteiger partial charge >= 0.3 is 0 Å².